The molecule has 1 N–H and O–H groups in total. The molecule has 0 aliphatic carbocycles. The van der Waals surface area contributed by atoms with Crippen LogP contribution >= 0.6 is 27.3 Å². The second-order valence-electron chi connectivity index (χ2n) is 5.83. The number of halogens is 1. The third-order valence-electron chi connectivity index (χ3n) is 3.98. The van der Waals surface area contributed by atoms with Crippen LogP contribution in [0.4, 0.5) is 5.13 Å². The third kappa shape index (κ3) is 3.84. The molecule has 0 amide bonds. The lowest BCUT2D eigenvalue weighted by Crippen LogP contribution is -2.01. The van der Waals surface area contributed by atoms with E-state index in [2.05, 4.69) is 31.4 Å². The van der Waals surface area contributed by atoms with E-state index in [1.807, 2.05) is 55.5 Å². The molecule has 4 aromatic rings. The standard InChI is InChI=1S/C20H14BrN3O2S/c1-12(13-5-3-2-4-6-13)23-24-20-22-11-18(27-20)16-10-14-9-15(21)7-8-17(14)26-19(16)25/h2-11H,1H3,(H,22,24)/b23-12+. The van der Waals surface area contributed by atoms with E-state index in [9.17, 15) is 4.79 Å². The highest BCUT2D eigenvalue weighted by atomic mass is 79.9. The first-order valence-corrected chi connectivity index (χ1v) is 9.76. The SMILES string of the molecule is C/C(=N\Nc1ncc(-c2cc3cc(Br)ccc3oc2=O)s1)c1ccccc1. The van der Waals surface area contributed by atoms with Crippen molar-refractivity contribution in [3.63, 3.8) is 0 Å². The molecule has 2 heterocycles. The minimum Gasteiger partial charge on any atom is -0.422 e. The molecule has 5 nitrogen and oxygen atoms in total. The number of hydrogen-bond acceptors (Lipinski definition) is 6. The number of benzene rings is 2. The summed E-state index contributed by atoms with van der Waals surface area (Å²) in [5.74, 6) is 0. The molecule has 0 atom stereocenters. The predicted octanol–water partition coefficient (Wildman–Crippen LogP) is 5.52. The fourth-order valence-corrected chi connectivity index (χ4v) is 3.73. The number of hydrogen-bond donors (Lipinski definition) is 1. The Morgan fingerprint density at radius 1 is 1.19 bits per heavy atom. The van der Waals surface area contributed by atoms with Crippen LogP contribution in [0.1, 0.15) is 12.5 Å². The van der Waals surface area contributed by atoms with Crippen molar-refractivity contribution in [3.8, 4) is 10.4 Å². The Hall–Kier alpha value is -2.77. The van der Waals surface area contributed by atoms with Crippen LogP contribution in [0.5, 0.6) is 0 Å². The zero-order valence-corrected chi connectivity index (χ0v) is 16.7. The van der Waals surface area contributed by atoms with Crippen LogP contribution in [-0.2, 0) is 0 Å². The van der Waals surface area contributed by atoms with Crippen molar-refractivity contribution < 1.29 is 4.42 Å². The Balaban J connectivity index is 1.62. The van der Waals surface area contributed by atoms with Crippen LogP contribution in [0.3, 0.4) is 0 Å². The number of fused-ring (bicyclic) bond motifs is 1. The average Bonchev–Trinajstić information content (AvgIpc) is 3.15. The maximum Gasteiger partial charge on any atom is 0.345 e. The lowest BCUT2D eigenvalue weighted by molar-refractivity contribution is 0.563. The molecule has 0 spiro atoms. The summed E-state index contributed by atoms with van der Waals surface area (Å²) < 4.78 is 6.35. The summed E-state index contributed by atoms with van der Waals surface area (Å²) in [6.07, 6.45) is 1.65. The molecule has 7 heteroatoms. The number of hydrazone groups is 1. The molecule has 2 aromatic heterocycles. The summed E-state index contributed by atoms with van der Waals surface area (Å²) in [6.45, 7) is 1.92. The zero-order valence-electron chi connectivity index (χ0n) is 14.3. The lowest BCUT2D eigenvalue weighted by Gasteiger charge is -2.01. The lowest BCUT2D eigenvalue weighted by atomic mass is 10.1. The molecule has 0 unspecified atom stereocenters. The highest BCUT2D eigenvalue weighted by molar-refractivity contribution is 9.10. The van der Waals surface area contributed by atoms with Crippen LogP contribution in [0.25, 0.3) is 21.4 Å². The van der Waals surface area contributed by atoms with E-state index in [0.29, 0.717) is 16.3 Å². The van der Waals surface area contributed by atoms with Gasteiger partial charge >= 0.3 is 5.63 Å². The minimum atomic E-state index is -0.385. The van der Waals surface area contributed by atoms with E-state index in [4.69, 9.17) is 4.42 Å². The molecule has 4 rings (SSSR count). The smallest absolute Gasteiger partial charge is 0.345 e. The maximum absolute atomic E-state index is 12.3. The number of nitrogens with one attached hydrogen (secondary N) is 1. The molecular formula is C20H14BrN3O2S. The van der Waals surface area contributed by atoms with Crippen LogP contribution in [-0.4, -0.2) is 10.7 Å². The summed E-state index contributed by atoms with van der Waals surface area (Å²) >= 11 is 4.78. The van der Waals surface area contributed by atoms with Crippen LogP contribution in [0.2, 0.25) is 0 Å². The van der Waals surface area contributed by atoms with Gasteiger partial charge in [-0.2, -0.15) is 5.10 Å². The number of nitrogens with zero attached hydrogens (tertiary/aromatic N) is 2. The fourth-order valence-electron chi connectivity index (χ4n) is 2.59. The van der Waals surface area contributed by atoms with Crippen molar-refractivity contribution >= 4 is 49.1 Å². The van der Waals surface area contributed by atoms with Crippen molar-refractivity contribution in [2.24, 2.45) is 5.10 Å². The Morgan fingerprint density at radius 3 is 2.81 bits per heavy atom. The summed E-state index contributed by atoms with van der Waals surface area (Å²) in [7, 11) is 0. The Bertz CT molecular complexity index is 1200. The number of aromatic nitrogens is 1. The molecule has 0 saturated heterocycles. The normalized spacial score (nSPS) is 11.7. The van der Waals surface area contributed by atoms with Gasteiger partial charge in [0.15, 0.2) is 0 Å². The maximum atomic E-state index is 12.3. The van der Waals surface area contributed by atoms with E-state index in [1.54, 1.807) is 12.3 Å². The Labute approximate surface area is 167 Å². The van der Waals surface area contributed by atoms with Crippen molar-refractivity contribution in [1.29, 1.82) is 0 Å². The molecule has 0 aliphatic heterocycles. The van der Waals surface area contributed by atoms with E-state index in [-0.39, 0.29) is 5.63 Å². The highest BCUT2D eigenvalue weighted by Gasteiger charge is 2.12. The van der Waals surface area contributed by atoms with E-state index in [0.717, 1.165) is 26.0 Å². The van der Waals surface area contributed by atoms with Crippen LogP contribution < -0.4 is 11.1 Å². The molecule has 134 valence electrons. The largest absolute Gasteiger partial charge is 0.422 e. The summed E-state index contributed by atoms with van der Waals surface area (Å²) in [4.78, 5) is 17.4. The third-order valence-corrected chi connectivity index (χ3v) is 5.40. The average molecular weight is 440 g/mol. The van der Waals surface area contributed by atoms with Crippen molar-refractivity contribution in [1.82, 2.24) is 4.98 Å². The van der Waals surface area contributed by atoms with E-state index < -0.39 is 0 Å². The van der Waals surface area contributed by atoms with Crippen LogP contribution in [0, 0.1) is 0 Å². The number of anilines is 1. The zero-order chi connectivity index (χ0) is 18.8. The number of rotatable bonds is 4. The topological polar surface area (TPSA) is 67.5 Å². The first kappa shape index (κ1) is 17.6. The highest BCUT2D eigenvalue weighted by Crippen LogP contribution is 2.29. The summed E-state index contributed by atoms with van der Waals surface area (Å²) in [6, 6.07) is 17.2. The fraction of sp³-hybridized carbons (Fsp3) is 0.0500. The number of thiazole rings is 1. The first-order valence-electron chi connectivity index (χ1n) is 8.15. The summed E-state index contributed by atoms with van der Waals surface area (Å²) in [5, 5.41) is 5.82. The van der Waals surface area contributed by atoms with Crippen molar-refractivity contribution in [3.05, 3.63) is 81.3 Å². The van der Waals surface area contributed by atoms with Crippen molar-refractivity contribution in [2.45, 2.75) is 6.92 Å². The second-order valence-corrected chi connectivity index (χ2v) is 7.78. The predicted molar refractivity (Wildman–Crippen MR) is 114 cm³/mol. The van der Waals surface area contributed by atoms with Gasteiger partial charge in [-0.3, -0.25) is 5.43 Å². The minimum absolute atomic E-state index is 0.385. The van der Waals surface area contributed by atoms with E-state index >= 15 is 0 Å². The molecule has 2 aromatic carbocycles. The summed E-state index contributed by atoms with van der Waals surface area (Å²) in [5.41, 5.74) is 5.48. The van der Waals surface area contributed by atoms with Gasteiger partial charge in [0.25, 0.3) is 0 Å². The van der Waals surface area contributed by atoms with Gasteiger partial charge in [-0.25, -0.2) is 9.78 Å². The molecule has 0 radical (unpaired) electrons. The van der Waals surface area contributed by atoms with Gasteiger partial charge in [0.05, 0.1) is 16.2 Å². The molecule has 0 saturated carbocycles. The molecule has 0 bridgehead atoms. The quantitative estimate of drug-likeness (QED) is 0.258. The van der Waals surface area contributed by atoms with Gasteiger partial charge in [-0.15, -0.1) is 0 Å². The van der Waals surface area contributed by atoms with E-state index in [1.165, 1.54) is 11.3 Å². The van der Waals surface area contributed by atoms with Gasteiger partial charge in [0.1, 0.15) is 5.58 Å². The van der Waals surface area contributed by atoms with Gasteiger partial charge < -0.3 is 4.42 Å². The molecule has 27 heavy (non-hydrogen) atoms. The monoisotopic (exact) mass is 439 g/mol. The first-order chi connectivity index (χ1) is 13.1. The van der Waals surface area contributed by atoms with Crippen molar-refractivity contribution in [2.75, 3.05) is 5.43 Å². The Morgan fingerprint density at radius 2 is 2.00 bits per heavy atom. The van der Waals surface area contributed by atoms with Gasteiger partial charge in [0.2, 0.25) is 5.13 Å². The molecular weight excluding hydrogens is 426 g/mol. The second kappa shape index (κ2) is 7.46. The van der Waals surface area contributed by atoms with Gasteiger partial charge in [-0.05, 0) is 36.8 Å². The molecule has 0 fully saturated rings. The van der Waals surface area contributed by atoms with Gasteiger partial charge in [0, 0.05) is 16.1 Å². The molecule has 0 aliphatic rings. The van der Waals surface area contributed by atoms with Gasteiger partial charge in [-0.1, -0.05) is 57.6 Å². The Kier molecular flexibility index (Phi) is 4.87. The van der Waals surface area contributed by atoms with Crippen LogP contribution in [0.15, 0.2) is 79.6 Å².